The van der Waals surface area contributed by atoms with Crippen molar-refractivity contribution in [3.8, 4) is 0 Å². The summed E-state index contributed by atoms with van der Waals surface area (Å²) < 4.78 is 31.6. The monoisotopic (exact) mass is 436 g/mol. The molecule has 1 fully saturated rings. The van der Waals surface area contributed by atoms with E-state index in [-0.39, 0.29) is 17.0 Å². The highest BCUT2D eigenvalue weighted by Gasteiger charge is 2.40. The molecule has 0 spiro atoms. The molecule has 1 aromatic carbocycles. The normalized spacial score (nSPS) is 19.9. The number of rotatable bonds is 6. The van der Waals surface area contributed by atoms with Crippen molar-refractivity contribution in [1.82, 2.24) is 28.6 Å². The third kappa shape index (κ3) is 3.76. The van der Waals surface area contributed by atoms with Gasteiger partial charge in [-0.1, -0.05) is 36.4 Å². The van der Waals surface area contributed by atoms with Crippen molar-refractivity contribution in [2.45, 2.75) is 23.5 Å². The van der Waals surface area contributed by atoms with Gasteiger partial charge in [-0.05, 0) is 11.6 Å². The fourth-order valence-corrected chi connectivity index (χ4v) is 5.71. The van der Waals surface area contributed by atoms with E-state index in [9.17, 15) is 8.42 Å². The molecule has 31 heavy (non-hydrogen) atoms. The van der Waals surface area contributed by atoms with Crippen LogP contribution in [0.3, 0.4) is 0 Å². The van der Waals surface area contributed by atoms with Crippen molar-refractivity contribution in [1.29, 1.82) is 0 Å². The zero-order chi connectivity index (χ0) is 21.4. The number of benzene rings is 1. The van der Waals surface area contributed by atoms with Crippen molar-refractivity contribution in [3.05, 3.63) is 84.7 Å². The number of hydrogen-bond acceptors (Lipinski definition) is 5. The van der Waals surface area contributed by atoms with E-state index in [4.69, 9.17) is 0 Å². The molecule has 0 bridgehead atoms. The third-order valence-electron chi connectivity index (χ3n) is 5.85. The van der Waals surface area contributed by atoms with Crippen LogP contribution in [0.25, 0.3) is 5.65 Å². The number of aromatic nitrogens is 4. The number of imidazole rings is 2. The highest BCUT2D eigenvalue weighted by atomic mass is 32.2. The minimum absolute atomic E-state index is 0.0314. The van der Waals surface area contributed by atoms with E-state index in [1.807, 2.05) is 47.1 Å². The van der Waals surface area contributed by atoms with Gasteiger partial charge in [0.05, 0.1) is 6.33 Å². The Hall–Kier alpha value is -3.01. The molecule has 0 unspecified atom stereocenters. The van der Waals surface area contributed by atoms with E-state index in [0.29, 0.717) is 19.6 Å². The molecular formula is C22H24N6O2S. The van der Waals surface area contributed by atoms with Gasteiger partial charge in [0.15, 0.2) is 5.03 Å². The highest BCUT2D eigenvalue weighted by molar-refractivity contribution is 7.89. The largest absolute Gasteiger partial charge is 0.339 e. The lowest BCUT2D eigenvalue weighted by molar-refractivity contribution is 0.454. The maximum absolute atomic E-state index is 13.2. The number of aryl methyl sites for hydroxylation is 1. The van der Waals surface area contributed by atoms with Crippen molar-refractivity contribution in [3.63, 3.8) is 0 Å². The molecule has 0 aliphatic carbocycles. The van der Waals surface area contributed by atoms with E-state index in [1.165, 1.54) is 6.33 Å². The maximum atomic E-state index is 13.2. The Balaban J connectivity index is 1.42. The lowest BCUT2D eigenvalue weighted by atomic mass is 9.94. The molecule has 8 nitrogen and oxygen atoms in total. The summed E-state index contributed by atoms with van der Waals surface area (Å²) in [7, 11) is -1.89. The van der Waals surface area contributed by atoms with Crippen LogP contribution in [-0.2, 0) is 23.6 Å². The minimum Gasteiger partial charge on any atom is -0.339 e. The van der Waals surface area contributed by atoms with Crippen molar-refractivity contribution >= 4 is 15.7 Å². The van der Waals surface area contributed by atoms with Crippen LogP contribution in [0.1, 0.15) is 17.0 Å². The topological polar surface area (TPSA) is 84.5 Å². The first kappa shape index (κ1) is 19.9. The van der Waals surface area contributed by atoms with Crippen molar-refractivity contribution in [2.24, 2.45) is 7.05 Å². The van der Waals surface area contributed by atoms with Crippen LogP contribution >= 0.6 is 0 Å². The predicted molar refractivity (Wildman–Crippen MR) is 117 cm³/mol. The number of sulfonamides is 1. The van der Waals surface area contributed by atoms with Crippen LogP contribution < -0.4 is 5.32 Å². The zero-order valence-corrected chi connectivity index (χ0v) is 18.0. The Labute approximate surface area is 181 Å². The molecule has 1 aliphatic heterocycles. The molecule has 4 heterocycles. The van der Waals surface area contributed by atoms with E-state index in [2.05, 4.69) is 27.4 Å². The maximum Gasteiger partial charge on any atom is 0.262 e. The van der Waals surface area contributed by atoms with E-state index in [0.717, 1.165) is 16.8 Å². The quantitative estimate of drug-likeness (QED) is 0.500. The van der Waals surface area contributed by atoms with E-state index in [1.54, 1.807) is 28.3 Å². The second-order valence-corrected chi connectivity index (χ2v) is 9.78. The van der Waals surface area contributed by atoms with Gasteiger partial charge < -0.3 is 14.3 Å². The third-order valence-corrected chi connectivity index (χ3v) is 7.57. The van der Waals surface area contributed by atoms with Gasteiger partial charge in [0, 0.05) is 69.0 Å². The fourth-order valence-electron chi connectivity index (χ4n) is 4.25. The van der Waals surface area contributed by atoms with Crippen LogP contribution in [-0.4, -0.2) is 50.8 Å². The van der Waals surface area contributed by atoms with E-state index >= 15 is 0 Å². The number of fused-ring (bicyclic) bond motifs is 1. The molecule has 9 heteroatoms. The molecule has 0 radical (unpaired) electrons. The van der Waals surface area contributed by atoms with E-state index < -0.39 is 10.0 Å². The molecule has 5 rings (SSSR count). The number of nitrogens with zero attached hydrogens (tertiary/aromatic N) is 5. The van der Waals surface area contributed by atoms with Crippen LogP contribution in [0.4, 0.5) is 0 Å². The van der Waals surface area contributed by atoms with Crippen LogP contribution in [0.2, 0.25) is 0 Å². The Bertz CT molecular complexity index is 1300. The summed E-state index contributed by atoms with van der Waals surface area (Å²) in [5, 5.41) is 3.69. The molecule has 3 aromatic heterocycles. The second-order valence-electron chi connectivity index (χ2n) is 7.90. The Kier molecular flexibility index (Phi) is 5.09. The van der Waals surface area contributed by atoms with Gasteiger partial charge in [-0.3, -0.25) is 0 Å². The zero-order valence-electron chi connectivity index (χ0n) is 17.2. The van der Waals surface area contributed by atoms with Crippen LogP contribution in [0, 0.1) is 0 Å². The number of nitrogens with one attached hydrogen (secondary N) is 1. The van der Waals surface area contributed by atoms with Gasteiger partial charge in [-0.15, -0.1) is 0 Å². The highest BCUT2D eigenvalue weighted by Crippen LogP contribution is 2.31. The van der Waals surface area contributed by atoms with Crippen molar-refractivity contribution in [2.75, 3.05) is 13.1 Å². The summed E-state index contributed by atoms with van der Waals surface area (Å²) in [6.45, 7) is 1.40. The first-order valence-corrected chi connectivity index (χ1v) is 11.6. The lowest BCUT2D eigenvalue weighted by Gasteiger charge is -2.20. The molecular weight excluding hydrogens is 412 g/mol. The van der Waals surface area contributed by atoms with Crippen molar-refractivity contribution < 1.29 is 8.42 Å². The van der Waals surface area contributed by atoms with Gasteiger partial charge in [-0.2, -0.15) is 4.31 Å². The molecule has 4 aromatic rings. The fraction of sp³-hybridized carbons (Fsp3) is 0.273. The van der Waals surface area contributed by atoms with Gasteiger partial charge in [0.25, 0.3) is 10.0 Å². The summed E-state index contributed by atoms with van der Waals surface area (Å²) in [6, 6.07) is 14.1. The lowest BCUT2D eigenvalue weighted by Crippen LogP contribution is -2.36. The van der Waals surface area contributed by atoms with Gasteiger partial charge in [-0.25, -0.2) is 18.4 Å². The Morgan fingerprint density at radius 2 is 1.90 bits per heavy atom. The molecule has 2 atom stereocenters. The Morgan fingerprint density at radius 3 is 2.68 bits per heavy atom. The van der Waals surface area contributed by atoms with Crippen LogP contribution in [0.15, 0.2) is 78.6 Å². The van der Waals surface area contributed by atoms with Crippen LogP contribution in [0.5, 0.6) is 0 Å². The molecule has 0 amide bonds. The number of pyridine rings is 1. The smallest absolute Gasteiger partial charge is 0.262 e. The summed E-state index contributed by atoms with van der Waals surface area (Å²) in [6.07, 6.45) is 8.73. The average Bonchev–Trinajstić information content (AvgIpc) is 3.52. The summed E-state index contributed by atoms with van der Waals surface area (Å²) >= 11 is 0. The Morgan fingerprint density at radius 1 is 1.06 bits per heavy atom. The van der Waals surface area contributed by atoms with Gasteiger partial charge in [0.2, 0.25) is 0 Å². The SMILES string of the molecule is Cn1cnc(S(=O)(=O)N2C[C@H](NCc3cccn4ccnc34)[C@@H](c3ccccc3)C2)c1. The first-order chi connectivity index (χ1) is 15.0. The molecule has 1 aliphatic rings. The number of hydrogen-bond donors (Lipinski definition) is 1. The minimum atomic E-state index is -3.66. The average molecular weight is 437 g/mol. The molecule has 1 saturated heterocycles. The summed E-state index contributed by atoms with van der Waals surface area (Å²) in [5.74, 6) is 0.0409. The summed E-state index contributed by atoms with van der Waals surface area (Å²) in [4.78, 5) is 8.52. The first-order valence-electron chi connectivity index (χ1n) is 10.2. The second kappa shape index (κ2) is 7.92. The standard InChI is InChI=1S/C22H24N6O2S/c1-26-15-21(25-16-26)31(29,30)28-13-19(17-6-3-2-4-7-17)20(14-28)24-12-18-8-5-10-27-11-9-23-22(18)27/h2-11,15-16,19-20,24H,12-14H2,1H3/t19-,20+/m1/s1. The molecule has 1 N–H and O–H groups in total. The summed E-state index contributed by atoms with van der Waals surface area (Å²) in [5.41, 5.74) is 3.10. The molecule has 0 saturated carbocycles. The predicted octanol–water partition coefficient (Wildman–Crippen LogP) is 2.01. The molecule has 160 valence electrons. The van der Waals surface area contributed by atoms with Gasteiger partial charge in [0.1, 0.15) is 5.65 Å². The van der Waals surface area contributed by atoms with Gasteiger partial charge >= 0.3 is 0 Å².